The van der Waals surface area contributed by atoms with Crippen molar-refractivity contribution in [1.82, 2.24) is 4.90 Å². The van der Waals surface area contributed by atoms with Crippen molar-refractivity contribution in [3.8, 4) is 5.75 Å². The predicted molar refractivity (Wildman–Crippen MR) is 62.0 cm³/mol. The van der Waals surface area contributed by atoms with E-state index >= 15 is 0 Å². The van der Waals surface area contributed by atoms with E-state index in [1.807, 2.05) is 30.6 Å². The van der Waals surface area contributed by atoms with Gasteiger partial charge >= 0.3 is 0 Å². The fraction of sp³-hybridized carbons (Fsp3) is 0.417. The lowest BCUT2D eigenvalue weighted by molar-refractivity contribution is 0.416. The summed E-state index contributed by atoms with van der Waals surface area (Å²) in [5, 5.41) is 0. The molecule has 0 bridgehead atoms. The van der Waals surface area contributed by atoms with Crippen molar-refractivity contribution in [2.45, 2.75) is 12.8 Å². The molecule has 0 amide bonds. The maximum atomic E-state index is 5.23. The Balaban J connectivity index is 2.08. The van der Waals surface area contributed by atoms with Crippen LogP contribution >= 0.6 is 0 Å². The molecule has 0 saturated carbocycles. The number of hydrogen-bond donors (Lipinski definition) is 0. The zero-order valence-corrected chi connectivity index (χ0v) is 9.02. The van der Waals surface area contributed by atoms with Gasteiger partial charge in [-0.25, -0.2) is 4.99 Å². The van der Waals surface area contributed by atoms with E-state index in [-0.39, 0.29) is 0 Å². The summed E-state index contributed by atoms with van der Waals surface area (Å²) in [5.74, 6) is 0.827. The van der Waals surface area contributed by atoms with Crippen molar-refractivity contribution in [1.29, 1.82) is 0 Å². The van der Waals surface area contributed by atoms with Gasteiger partial charge in [0.15, 0.2) is 0 Å². The summed E-state index contributed by atoms with van der Waals surface area (Å²) in [6.45, 7) is 2.25. The van der Waals surface area contributed by atoms with Crippen molar-refractivity contribution in [3.63, 3.8) is 0 Å². The number of ether oxygens (including phenoxy) is 1. The standard InChI is InChI=1S/C12H16N2O/c1-15-12-7-3-2-6-11(12)13-10-14-8-4-5-9-14/h2-3,6-7,10H,4-5,8-9H2,1H3. The average molecular weight is 204 g/mol. The first-order valence-corrected chi connectivity index (χ1v) is 5.31. The Labute approximate surface area is 90.4 Å². The number of rotatable bonds is 3. The Bertz CT molecular complexity index is 343. The second-order valence-corrected chi connectivity index (χ2v) is 3.66. The first-order chi connectivity index (χ1) is 7.40. The number of methoxy groups -OCH3 is 1. The van der Waals surface area contributed by atoms with E-state index in [0.29, 0.717) is 0 Å². The van der Waals surface area contributed by atoms with E-state index in [1.165, 1.54) is 12.8 Å². The molecule has 0 aromatic heterocycles. The average Bonchev–Trinajstić information content (AvgIpc) is 2.79. The summed E-state index contributed by atoms with van der Waals surface area (Å²) in [7, 11) is 1.67. The normalized spacial score (nSPS) is 16.2. The number of benzene rings is 1. The molecule has 0 atom stereocenters. The molecule has 1 aromatic rings. The van der Waals surface area contributed by atoms with Crippen LogP contribution in [-0.4, -0.2) is 31.4 Å². The maximum absolute atomic E-state index is 5.23. The molecule has 80 valence electrons. The molecule has 1 aromatic carbocycles. The molecule has 0 N–H and O–H groups in total. The minimum Gasteiger partial charge on any atom is -0.494 e. The summed E-state index contributed by atoms with van der Waals surface area (Å²) in [6.07, 6.45) is 4.47. The van der Waals surface area contributed by atoms with Crippen LogP contribution in [0.15, 0.2) is 29.3 Å². The molecule has 3 heteroatoms. The fourth-order valence-electron chi connectivity index (χ4n) is 1.74. The summed E-state index contributed by atoms with van der Waals surface area (Å²) in [4.78, 5) is 6.68. The Morgan fingerprint density at radius 2 is 2.00 bits per heavy atom. The smallest absolute Gasteiger partial charge is 0.144 e. The fourth-order valence-corrected chi connectivity index (χ4v) is 1.74. The van der Waals surface area contributed by atoms with Crippen LogP contribution < -0.4 is 4.74 Å². The van der Waals surface area contributed by atoms with Crippen LogP contribution in [0, 0.1) is 0 Å². The molecule has 1 heterocycles. The SMILES string of the molecule is COc1ccccc1N=CN1CCCC1. The molecule has 3 nitrogen and oxygen atoms in total. The van der Waals surface area contributed by atoms with Gasteiger partial charge in [-0.1, -0.05) is 12.1 Å². The predicted octanol–water partition coefficient (Wildman–Crippen LogP) is 2.45. The third-order valence-electron chi connectivity index (χ3n) is 2.59. The Hall–Kier alpha value is -1.51. The lowest BCUT2D eigenvalue weighted by Gasteiger charge is -2.09. The zero-order chi connectivity index (χ0) is 10.5. The van der Waals surface area contributed by atoms with Crippen LogP contribution in [-0.2, 0) is 0 Å². The molecule has 0 aliphatic carbocycles. The second kappa shape index (κ2) is 4.82. The van der Waals surface area contributed by atoms with Gasteiger partial charge in [-0.05, 0) is 25.0 Å². The quantitative estimate of drug-likeness (QED) is 0.558. The minimum atomic E-state index is 0.827. The number of para-hydroxylation sites is 2. The lowest BCUT2D eigenvalue weighted by Crippen LogP contribution is -2.16. The van der Waals surface area contributed by atoms with Gasteiger partial charge in [0.05, 0.1) is 13.4 Å². The molecule has 0 unspecified atom stereocenters. The van der Waals surface area contributed by atoms with E-state index in [9.17, 15) is 0 Å². The summed E-state index contributed by atoms with van der Waals surface area (Å²) in [6, 6.07) is 7.81. The van der Waals surface area contributed by atoms with Crippen molar-refractivity contribution in [3.05, 3.63) is 24.3 Å². The number of hydrogen-bond acceptors (Lipinski definition) is 2. The maximum Gasteiger partial charge on any atom is 0.144 e. The van der Waals surface area contributed by atoms with Crippen LogP contribution in [0.3, 0.4) is 0 Å². The highest BCUT2D eigenvalue weighted by molar-refractivity contribution is 5.65. The van der Waals surface area contributed by atoms with Crippen LogP contribution in [0.4, 0.5) is 5.69 Å². The van der Waals surface area contributed by atoms with Crippen LogP contribution in [0.2, 0.25) is 0 Å². The third-order valence-corrected chi connectivity index (χ3v) is 2.59. The van der Waals surface area contributed by atoms with Gasteiger partial charge in [-0.15, -0.1) is 0 Å². The van der Waals surface area contributed by atoms with Gasteiger partial charge in [0.25, 0.3) is 0 Å². The van der Waals surface area contributed by atoms with E-state index in [1.54, 1.807) is 7.11 Å². The molecule has 0 radical (unpaired) electrons. The summed E-state index contributed by atoms with van der Waals surface area (Å²) in [5.41, 5.74) is 0.895. The van der Waals surface area contributed by atoms with Gasteiger partial charge in [-0.3, -0.25) is 0 Å². The van der Waals surface area contributed by atoms with E-state index in [4.69, 9.17) is 4.74 Å². The van der Waals surface area contributed by atoms with Crippen molar-refractivity contribution in [2.75, 3.05) is 20.2 Å². The first kappa shape index (κ1) is 10.0. The third kappa shape index (κ3) is 2.49. The highest BCUT2D eigenvalue weighted by atomic mass is 16.5. The zero-order valence-electron chi connectivity index (χ0n) is 9.02. The summed E-state index contributed by atoms with van der Waals surface area (Å²) < 4.78 is 5.23. The second-order valence-electron chi connectivity index (χ2n) is 3.66. The van der Waals surface area contributed by atoms with Crippen molar-refractivity contribution < 1.29 is 4.74 Å². The Morgan fingerprint density at radius 3 is 2.73 bits per heavy atom. The molecule has 1 fully saturated rings. The minimum absolute atomic E-state index is 0.827. The number of aliphatic imine (C=N–C) groups is 1. The number of nitrogens with zero attached hydrogens (tertiary/aromatic N) is 2. The largest absolute Gasteiger partial charge is 0.494 e. The van der Waals surface area contributed by atoms with Crippen molar-refractivity contribution >= 4 is 12.0 Å². The lowest BCUT2D eigenvalue weighted by atomic mass is 10.3. The van der Waals surface area contributed by atoms with Gasteiger partial charge < -0.3 is 9.64 Å². The molecule has 1 aliphatic heterocycles. The molecule has 1 saturated heterocycles. The van der Waals surface area contributed by atoms with Crippen LogP contribution in [0.5, 0.6) is 5.75 Å². The molecule has 2 rings (SSSR count). The van der Waals surface area contributed by atoms with Crippen LogP contribution in [0.1, 0.15) is 12.8 Å². The van der Waals surface area contributed by atoms with Gasteiger partial charge in [0, 0.05) is 13.1 Å². The monoisotopic (exact) mass is 204 g/mol. The van der Waals surface area contributed by atoms with Crippen LogP contribution in [0.25, 0.3) is 0 Å². The van der Waals surface area contributed by atoms with E-state index < -0.39 is 0 Å². The molecule has 0 spiro atoms. The Morgan fingerprint density at radius 1 is 1.27 bits per heavy atom. The highest BCUT2D eigenvalue weighted by Crippen LogP contribution is 2.25. The van der Waals surface area contributed by atoms with Gasteiger partial charge in [-0.2, -0.15) is 0 Å². The summed E-state index contributed by atoms with van der Waals surface area (Å²) >= 11 is 0. The highest BCUT2D eigenvalue weighted by Gasteiger charge is 2.07. The molecule has 15 heavy (non-hydrogen) atoms. The topological polar surface area (TPSA) is 24.8 Å². The first-order valence-electron chi connectivity index (χ1n) is 5.31. The molecular weight excluding hydrogens is 188 g/mol. The molecule has 1 aliphatic rings. The van der Waals surface area contributed by atoms with E-state index in [0.717, 1.165) is 24.5 Å². The van der Waals surface area contributed by atoms with Crippen molar-refractivity contribution in [2.24, 2.45) is 4.99 Å². The number of likely N-dealkylation sites (tertiary alicyclic amines) is 1. The van der Waals surface area contributed by atoms with Gasteiger partial charge in [0.1, 0.15) is 11.4 Å². The van der Waals surface area contributed by atoms with E-state index in [2.05, 4.69) is 9.89 Å². The van der Waals surface area contributed by atoms with Gasteiger partial charge in [0.2, 0.25) is 0 Å². The Kier molecular flexibility index (Phi) is 3.22. The molecular formula is C12H16N2O.